The second-order valence-corrected chi connectivity index (χ2v) is 9.36. The summed E-state index contributed by atoms with van der Waals surface area (Å²) in [4.78, 5) is 17.4. The van der Waals surface area contributed by atoms with Gasteiger partial charge in [0.1, 0.15) is 17.0 Å². The molecule has 1 aliphatic heterocycles. The number of fused-ring (bicyclic) bond motifs is 5. The minimum absolute atomic E-state index is 0.166. The number of nitrogens with zero attached hydrogens (tertiary/aromatic N) is 4. The summed E-state index contributed by atoms with van der Waals surface area (Å²) in [7, 11) is 4.19. The number of pyridine rings is 1. The normalized spacial score (nSPS) is 16.1. The first kappa shape index (κ1) is 19.5. The van der Waals surface area contributed by atoms with Gasteiger partial charge in [-0.3, -0.25) is 0 Å². The van der Waals surface area contributed by atoms with E-state index in [0.29, 0.717) is 6.61 Å². The molecule has 3 aromatic rings. The van der Waals surface area contributed by atoms with Crippen LogP contribution in [0.15, 0.2) is 6.33 Å². The zero-order valence-electron chi connectivity index (χ0n) is 17.4. The van der Waals surface area contributed by atoms with Crippen LogP contribution in [0.25, 0.3) is 20.4 Å². The molecule has 7 heteroatoms. The van der Waals surface area contributed by atoms with Crippen LogP contribution in [0.2, 0.25) is 0 Å². The van der Waals surface area contributed by atoms with E-state index in [1.807, 2.05) is 0 Å². The quantitative estimate of drug-likeness (QED) is 0.632. The molecule has 0 radical (unpaired) electrons. The summed E-state index contributed by atoms with van der Waals surface area (Å²) in [5.74, 6) is 0.921. The van der Waals surface area contributed by atoms with Gasteiger partial charge in [-0.2, -0.15) is 0 Å². The Bertz CT molecular complexity index is 1010. The summed E-state index contributed by atoms with van der Waals surface area (Å²) in [6.07, 6.45) is 4.54. The number of hydrogen-bond acceptors (Lipinski definition) is 7. The summed E-state index contributed by atoms with van der Waals surface area (Å²) in [6.45, 7) is 9.07. The number of aromatic nitrogens is 3. The highest BCUT2D eigenvalue weighted by molar-refractivity contribution is 7.26. The lowest BCUT2D eigenvalue weighted by molar-refractivity contribution is -0.0401. The van der Waals surface area contributed by atoms with Gasteiger partial charge >= 0.3 is 0 Å². The van der Waals surface area contributed by atoms with E-state index in [2.05, 4.69) is 55.1 Å². The molecule has 4 heterocycles. The number of aryl methyl sites for hydroxylation is 1. The molecule has 1 N–H and O–H groups in total. The van der Waals surface area contributed by atoms with E-state index in [0.717, 1.165) is 58.9 Å². The molecule has 0 saturated carbocycles. The van der Waals surface area contributed by atoms with Gasteiger partial charge in [-0.25, -0.2) is 15.0 Å². The molecule has 6 nitrogen and oxygen atoms in total. The van der Waals surface area contributed by atoms with Gasteiger partial charge in [-0.1, -0.05) is 6.92 Å². The first-order chi connectivity index (χ1) is 13.4. The lowest BCUT2D eigenvalue weighted by atomic mass is 9.89. The van der Waals surface area contributed by atoms with Crippen molar-refractivity contribution in [1.29, 1.82) is 0 Å². The van der Waals surface area contributed by atoms with Crippen LogP contribution in [-0.2, 0) is 24.2 Å². The summed E-state index contributed by atoms with van der Waals surface area (Å²) >= 11 is 1.71. The fraction of sp³-hybridized carbons (Fsp3) is 0.571. The maximum Gasteiger partial charge on any atom is 0.147 e. The third-order valence-electron chi connectivity index (χ3n) is 5.32. The van der Waals surface area contributed by atoms with Crippen molar-refractivity contribution in [3.8, 4) is 0 Å². The molecule has 4 rings (SSSR count). The van der Waals surface area contributed by atoms with Crippen molar-refractivity contribution in [3.63, 3.8) is 0 Å². The van der Waals surface area contributed by atoms with Gasteiger partial charge in [0.05, 0.1) is 22.4 Å². The van der Waals surface area contributed by atoms with E-state index < -0.39 is 0 Å². The van der Waals surface area contributed by atoms with Gasteiger partial charge < -0.3 is 15.0 Å². The predicted octanol–water partition coefficient (Wildman–Crippen LogP) is 4.02. The van der Waals surface area contributed by atoms with Gasteiger partial charge in [0, 0.05) is 29.6 Å². The summed E-state index contributed by atoms with van der Waals surface area (Å²) in [6, 6.07) is 0. The Morgan fingerprint density at radius 2 is 2.07 bits per heavy atom. The summed E-state index contributed by atoms with van der Waals surface area (Å²) in [5.41, 5.74) is 4.63. The highest BCUT2D eigenvalue weighted by Gasteiger charge is 2.31. The molecule has 0 aromatic carbocycles. The lowest BCUT2D eigenvalue weighted by Gasteiger charge is -2.33. The first-order valence-corrected chi connectivity index (χ1v) is 10.8. The van der Waals surface area contributed by atoms with Crippen LogP contribution < -0.4 is 5.32 Å². The van der Waals surface area contributed by atoms with E-state index in [4.69, 9.17) is 9.72 Å². The van der Waals surface area contributed by atoms with E-state index in [1.54, 1.807) is 17.7 Å². The summed E-state index contributed by atoms with van der Waals surface area (Å²) in [5, 5.41) is 4.71. The zero-order chi connectivity index (χ0) is 19.9. The second-order valence-electron chi connectivity index (χ2n) is 8.36. The number of thiophene rings is 1. The fourth-order valence-electron chi connectivity index (χ4n) is 3.89. The van der Waals surface area contributed by atoms with Crippen LogP contribution in [0.3, 0.4) is 0 Å². The van der Waals surface area contributed by atoms with Crippen LogP contribution in [0.4, 0.5) is 5.82 Å². The SMILES string of the molecule is CCc1nc2sc3c(NCCCN(C)C)ncnc3c2c2c1COC(C)(C)C2. The third kappa shape index (κ3) is 3.58. The highest BCUT2D eigenvalue weighted by Crippen LogP contribution is 2.42. The predicted molar refractivity (Wildman–Crippen MR) is 116 cm³/mol. The van der Waals surface area contributed by atoms with E-state index >= 15 is 0 Å². The smallest absolute Gasteiger partial charge is 0.147 e. The van der Waals surface area contributed by atoms with E-state index in [9.17, 15) is 0 Å². The number of hydrogen-bond donors (Lipinski definition) is 1. The molecule has 0 spiro atoms. The number of nitrogens with one attached hydrogen (secondary N) is 1. The molecule has 0 atom stereocenters. The Balaban J connectivity index is 1.81. The molecule has 3 aromatic heterocycles. The van der Waals surface area contributed by atoms with Gasteiger partial charge in [0.25, 0.3) is 0 Å². The lowest BCUT2D eigenvalue weighted by Crippen LogP contribution is -2.32. The van der Waals surface area contributed by atoms with Crippen LogP contribution in [0, 0.1) is 0 Å². The van der Waals surface area contributed by atoms with Crippen LogP contribution in [0.1, 0.15) is 44.0 Å². The topological polar surface area (TPSA) is 63.2 Å². The standard InChI is InChI=1S/C21H29N5OS/c1-6-15-14-11-27-21(2,3)10-13(14)16-17-18(28-20(16)25-15)19(24-12-23-17)22-8-7-9-26(4)5/h12H,6-11H2,1-5H3,(H,22,23,24). The average Bonchev–Trinajstić information content (AvgIpc) is 3.03. The molecule has 150 valence electrons. The highest BCUT2D eigenvalue weighted by atomic mass is 32.1. The number of rotatable bonds is 6. The number of anilines is 1. The molecule has 0 bridgehead atoms. The van der Waals surface area contributed by atoms with Crippen LogP contribution in [-0.4, -0.2) is 52.6 Å². The zero-order valence-corrected chi connectivity index (χ0v) is 18.2. The Morgan fingerprint density at radius 3 is 2.82 bits per heavy atom. The van der Waals surface area contributed by atoms with Crippen molar-refractivity contribution in [2.24, 2.45) is 0 Å². The molecule has 0 saturated heterocycles. The van der Waals surface area contributed by atoms with E-state index in [1.165, 1.54) is 16.5 Å². The van der Waals surface area contributed by atoms with Crippen LogP contribution >= 0.6 is 11.3 Å². The van der Waals surface area contributed by atoms with Crippen LogP contribution in [0.5, 0.6) is 0 Å². The van der Waals surface area contributed by atoms with Crippen molar-refractivity contribution in [3.05, 3.63) is 23.1 Å². The maximum atomic E-state index is 6.09. The van der Waals surface area contributed by atoms with Gasteiger partial charge in [0.2, 0.25) is 0 Å². The molecule has 0 amide bonds. The molecule has 28 heavy (non-hydrogen) atoms. The molecule has 0 unspecified atom stereocenters. The minimum atomic E-state index is -0.166. The van der Waals surface area contributed by atoms with E-state index in [-0.39, 0.29) is 5.60 Å². The largest absolute Gasteiger partial charge is 0.370 e. The second kappa shape index (κ2) is 7.54. The van der Waals surface area contributed by atoms with Crippen molar-refractivity contribution in [2.45, 2.75) is 52.2 Å². The molecule has 0 aliphatic carbocycles. The van der Waals surface area contributed by atoms with Gasteiger partial charge in [-0.15, -0.1) is 11.3 Å². The Morgan fingerprint density at radius 1 is 1.25 bits per heavy atom. The maximum absolute atomic E-state index is 6.09. The summed E-state index contributed by atoms with van der Waals surface area (Å²) < 4.78 is 7.20. The van der Waals surface area contributed by atoms with Crippen molar-refractivity contribution < 1.29 is 4.74 Å². The molecule has 0 fully saturated rings. The van der Waals surface area contributed by atoms with Crippen molar-refractivity contribution in [1.82, 2.24) is 19.9 Å². The average molecular weight is 400 g/mol. The Labute approximate surface area is 170 Å². The first-order valence-electron chi connectivity index (χ1n) is 10.00. The Hall–Kier alpha value is -1.83. The Kier molecular flexibility index (Phi) is 5.24. The fourth-order valence-corrected chi connectivity index (χ4v) is 5.04. The third-order valence-corrected chi connectivity index (χ3v) is 6.40. The monoisotopic (exact) mass is 399 g/mol. The molecule has 1 aliphatic rings. The van der Waals surface area contributed by atoms with Gasteiger partial charge in [0.15, 0.2) is 0 Å². The minimum Gasteiger partial charge on any atom is -0.370 e. The van der Waals surface area contributed by atoms with Crippen molar-refractivity contribution >= 4 is 37.6 Å². The van der Waals surface area contributed by atoms with Gasteiger partial charge in [-0.05, 0) is 52.9 Å². The van der Waals surface area contributed by atoms with Crippen molar-refractivity contribution in [2.75, 3.05) is 32.5 Å². The number of ether oxygens (including phenoxy) is 1. The molecular formula is C21H29N5OS. The molecular weight excluding hydrogens is 370 g/mol.